The summed E-state index contributed by atoms with van der Waals surface area (Å²) in [5, 5.41) is 24.4. The van der Waals surface area contributed by atoms with Crippen LogP contribution < -0.4 is 10.6 Å². The van der Waals surface area contributed by atoms with Gasteiger partial charge in [-0.1, -0.05) is 34.4 Å². The van der Waals surface area contributed by atoms with Gasteiger partial charge in [-0.25, -0.2) is 4.98 Å². The number of hydrogen-bond donors (Lipinski definition) is 2. The quantitative estimate of drug-likeness (QED) is 0.274. The van der Waals surface area contributed by atoms with Crippen molar-refractivity contribution in [3.8, 4) is 0 Å². The Bertz CT molecular complexity index is 1000. The van der Waals surface area contributed by atoms with Crippen molar-refractivity contribution in [2.45, 2.75) is 11.3 Å². The highest BCUT2D eigenvalue weighted by atomic mass is 32.2. The summed E-state index contributed by atoms with van der Waals surface area (Å²) >= 11 is 3.51. The van der Waals surface area contributed by atoms with E-state index in [1.165, 1.54) is 42.2 Å². The Balaban J connectivity index is 1.59. The molecule has 0 radical (unpaired) electrons. The van der Waals surface area contributed by atoms with E-state index in [0.29, 0.717) is 24.8 Å². The lowest BCUT2D eigenvalue weighted by molar-refractivity contribution is -0.384. The molecule has 0 saturated heterocycles. The molecule has 0 aliphatic carbocycles. The third-order valence-corrected chi connectivity index (χ3v) is 5.75. The molecule has 2 aromatic heterocycles. The summed E-state index contributed by atoms with van der Waals surface area (Å²) in [4.78, 5) is 37.5. The number of thioether (sulfide) groups is 1. The van der Waals surface area contributed by atoms with E-state index in [4.69, 9.17) is 0 Å². The first-order valence-electron chi connectivity index (χ1n) is 6.99. The van der Waals surface area contributed by atoms with Gasteiger partial charge in [0, 0.05) is 19.1 Å². The number of amides is 2. The Hall–Kier alpha value is -2.64. The van der Waals surface area contributed by atoms with Crippen LogP contribution in [0.3, 0.4) is 0 Å². The fraction of sp³-hybridized carbons (Fsp3) is 0.154. The zero-order valence-corrected chi connectivity index (χ0v) is 15.5. The van der Waals surface area contributed by atoms with Crippen molar-refractivity contribution in [3.05, 3.63) is 28.3 Å². The number of benzene rings is 1. The third kappa shape index (κ3) is 4.50. The van der Waals surface area contributed by atoms with Crippen LogP contribution in [0.25, 0.3) is 10.2 Å². The molecule has 0 unspecified atom stereocenters. The van der Waals surface area contributed by atoms with E-state index in [9.17, 15) is 19.7 Å². The second-order valence-corrected chi connectivity index (χ2v) is 8.05. The van der Waals surface area contributed by atoms with Crippen LogP contribution in [-0.4, -0.2) is 37.7 Å². The summed E-state index contributed by atoms with van der Waals surface area (Å²) < 4.78 is 1.16. The van der Waals surface area contributed by atoms with E-state index in [2.05, 4.69) is 25.8 Å². The maximum Gasteiger partial charge on any atom is 0.270 e. The molecule has 0 saturated carbocycles. The number of carbonyl (C=O) groups is 2. The van der Waals surface area contributed by atoms with Gasteiger partial charge < -0.3 is 10.6 Å². The maximum absolute atomic E-state index is 12.0. The highest BCUT2D eigenvalue weighted by Gasteiger charge is 2.13. The molecule has 2 amide bonds. The standard InChI is InChI=1S/C13H10N6O4S3/c1-6(20)14-12-17-18-13(26-12)24-5-10(21)16-11-15-8-3-2-7(19(22)23)4-9(8)25-11/h2-4H,5H2,1H3,(H,14,17,20)(H,15,16,21). The smallest absolute Gasteiger partial charge is 0.270 e. The van der Waals surface area contributed by atoms with Gasteiger partial charge in [0.25, 0.3) is 5.69 Å². The van der Waals surface area contributed by atoms with E-state index in [1.54, 1.807) is 6.07 Å². The van der Waals surface area contributed by atoms with Crippen molar-refractivity contribution < 1.29 is 14.5 Å². The van der Waals surface area contributed by atoms with E-state index in [-0.39, 0.29) is 23.3 Å². The topological polar surface area (TPSA) is 140 Å². The number of thiazole rings is 1. The van der Waals surface area contributed by atoms with Crippen molar-refractivity contribution in [1.82, 2.24) is 15.2 Å². The van der Waals surface area contributed by atoms with Gasteiger partial charge in [-0.15, -0.1) is 10.2 Å². The van der Waals surface area contributed by atoms with Crippen molar-refractivity contribution in [2.75, 3.05) is 16.4 Å². The van der Waals surface area contributed by atoms with E-state index in [1.807, 2.05) is 0 Å². The van der Waals surface area contributed by atoms with Gasteiger partial charge in [0.15, 0.2) is 9.47 Å². The number of non-ortho nitro benzene ring substituents is 1. The van der Waals surface area contributed by atoms with Gasteiger partial charge in [0.2, 0.25) is 16.9 Å². The summed E-state index contributed by atoms with van der Waals surface area (Å²) in [5.74, 6) is -0.448. The molecular formula is C13H10N6O4S3. The Morgan fingerprint density at radius 1 is 1.23 bits per heavy atom. The highest BCUT2D eigenvalue weighted by molar-refractivity contribution is 8.01. The van der Waals surface area contributed by atoms with Crippen molar-refractivity contribution in [2.24, 2.45) is 0 Å². The Morgan fingerprint density at radius 2 is 2.04 bits per heavy atom. The van der Waals surface area contributed by atoms with Crippen molar-refractivity contribution >= 4 is 72.4 Å². The number of nitrogens with one attached hydrogen (secondary N) is 2. The minimum Gasteiger partial charge on any atom is -0.301 e. The Morgan fingerprint density at radius 3 is 2.77 bits per heavy atom. The number of carbonyl (C=O) groups excluding carboxylic acids is 2. The maximum atomic E-state index is 12.0. The van der Waals surface area contributed by atoms with Crippen LogP contribution in [0.1, 0.15) is 6.92 Å². The van der Waals surface area contributed by atoms with Crippen LogP contribution >= 0.6 is 34.4 Å². The lowest BCUT2D eigenvalue weighted by Gasteiger charge is -1.98. The first kappa shape index (κ1) is 18.2. The molecule has 2 N–H and O–H groups in total. The summed E-state index contributed by atoms with van der Waals surface area (Å²) in [5.41, 5.74) is 0.549. The molecule has 0 aliphatic heterocycles. The van der Waals surface area contributed by atoms with Gasteiger partial charge in [-0.05, 0) is 6.07 Å². The molecule has 134 valence electrons. The van der Waals surface area contributed by atoms with Gasteiger partial charge >= 0.3 is 0 Å². The molecule has 0 aliphatic rings. The Kier molecular flexibility index (Phi) is 5.39. The van der Waals surface area contributed by atoms with E-state index < -0.39 is 4.92 Å². The van der Waals surface area contributed by atoms with Crippen molar-refractivity contribution in [1.29, 1.82) is 0 Å². The van der Waals surface area contributed by atoms with E-state index >= 15 is 0 Å². The van der Waals surface area contributed by atoms with Crippen LogP contribution in [0.15, 0.2) is 22.5 Å². The minimum atomic E-state index is -0.481. The van der Waals surface area contributed by atoms with Gasteiger partial charge in [-0.2, -0.15) is 0 Å². The molecule has 1 aromatic carbocycles. The Labute approximate surface area is 158 Å². The zero-order valence-electron chi connectivity index (χ0n) is 13.1. The number of hydrogen-bond acceptors (Lipinski definition) is 10. The van der Waals surface area contributed by atoms with Gasteiger partial charge in [0.1, 0.15) is 0 Å². The number of fused-ring (bicyclic) bond motifs is 1. The number of nitro benzene ring substituents is 1. The fourth-order valence-electron chi connectivity index (χ4n) is 1.83. The second-order valence-electron chi connectivity index (χ2n) is 4.82. The lowest BCUT2D eigenvalue weighted by Crippen LogP contribution is -2.13. The number of anilines is 2. The number of rotatable bonds is 6. The number of aromatic nitrogens is 3. The SMILES string of the molecule is CC(=O)Nc1nnc(SCC(=O)Nc2nc3ccc([N+](=O)[O-])cc3s2)s1. The van der Waals surface area contributed by atoms with Gasteiger partial charge in [-0.3, -0.25) is 19.7 Å². The third-order valence-electron chi connectivity index (χ3n) is 2.85. The lowest BCUT2D eigenvalue weighted by atomic mass is 10.3. The highest BCUT2D eigenvalue weighted by Crippen LogP contribution is 2.30. The summed E-state index contributed by atoms with van der Waals surface area (Å²) in [6, 6.07) is 4.33. The molecule has 3 rings (SSSR count). The van der Waals surface area contributed by atoms with Crippen LogP contribution in [0.5, 0.6) is 0 Å². The number of nitro groups is 1. The minimum absolute atomic E-state index is 0.0270. The number of nitrogens with zero attached hydrogens (tertiary/aromatic N) is 4. The summed E-state index contributed by atoms with van der Waals surface area (Å²) in [6.45, 7) is 1.37. The summed E-state index contributed by atoms with van der Waals surface area (Å²) in [6.07, 6.45) is 0. The first-order valence-corrected chi connectivity index (χ1v) is 9.61. The monoisotopic (exact) mass is 410 g/mol. The predicted molar refractivity (Wildman–Crippen MR) is 99.8 cm³/mol. The summed E-state index contributed by atoms with van der Waals surface area (Å²) in [7, 11) is 0. The molecule has 0 spiro atoms. The van der Waals surface area contributed by atoms with E-state index in [0.717, 1.165) is 11.3 Å². The molecule has 26 heavy (non-hydrogen) atoms. The zero-order chi connectivity index (χ0) is 18.7. The molecule has 10 nitrogen and oxygen atoms in total. The molecular weight excluding hydrogens is 400 g/mol. The predicted octanol–water partition coefficient (Wildman–Crippen LogP) is 2.75. The van der Waals surface area contributed by atoms with Crippen LogP contribution in [-0.2, 0) is 9.59 Å². The second kappa shape index (κ2) is 7.72. The molecule has 0 fully saturated rings. The molecule has 0 atom stereocenters. The largest absolute Gasteiger partial charge is 0.301 e. The molecule has 3 aromatic rings. The van der Waals surface area contributed by atoms with Crippen molar-refractivity contribution in [3.63, 3.8) is 0 Å². The van der Waals surface area contributed by atoms with Crippen LogP contribution in [0, 0.1) is 10.1 Å². The molecule has 0 bridgehead atoms. The average molecular weight is 410 g/mol. The normalized spacial score (nSPS) is 10.7. The van der Waals surface area contributed by atoms with Gasteiger partial charge in [0.05, 0.1) is 20.9 Å². The molecule has 2 heterocycles. The van der Waals surface area contributed by atoms with Crippen LogP contribution in [0.4, 0.5) is 16.0 Å². The fourth-order valence-corrected chi connectivity index (χ4v) is 4.35. The van der Waals surface area contributed by atoms with Crippen LogP contribution in [0.2, 0.25) is 0 Å². The average Bonchev–Trinajstić information content (AvgIpc) is 3.17. The first-order chi connectivity index (χ1) is 12.4. The molecule has 13 heteroatoms.